The van der Waals surface area contributed by atoms with Gasteiger partial charge in [-0.25, -0.2) is 4.79 Å². The minimum absolute atomic E-state index is 0.0140. The van der Waals surface area contributed by atoms with E-state index in [9.17, 15) is 9.59 Å². The van der Waals surface area contributed by atoms with E-state index in [4.69, 9.17) is 20.8 Å². The van der Waals surface area contributed by atoms with Crippen LogP contribution < -0.4 is 10.6 Å². The molecule has 0 bridgehead atoms. The second kappa shape index (κ2) is 13.9. The van der Waals surface area contributed by atoms with Crippen molar-refractivity contribution in [2.24, 2.45) is 0 Å². The first-order valence-electron chi connectivity index (χ1n) is 13.9. The lowest BCUT2D eigenvalue weighted by atomic mass is 10.1. The summed E-state index contributed by atoms with van der Waals surface area (Å²) in [5.41, 5.74) is 2.22. The van der Waals surface area contributed by atoms with E-state index >= 15 is 0 Å². The Morgan fingerprint density at radius 3 is 2.17 bits per heavy atom. The molecule has 0 aliphatic carbocycles. The summed E-state index contributed by atoms with van der Waals surface area (Å²) in [6.07, 6.45) is -0.763. The molecule has 0 spiro atoms. The van der Waals surface area contributed by atoms with Crippen LogP contribution in [0.3, 0.4) is 0 Å². The van der Waals surface area contributed by atoms with Crippen molar-refractivity contribution in [2.75, 3.05) is 18.4 Å². The maximum atomic E-state index is 13.6. The molecule has 2 rings (SSSR count). The lowest BCUT2D eigenvalue weighted by molar-refractivity contribution is -0.119. The van der Waals surface area contributed by atoms with Crippen molar-refractivity contribution in [3.63, 3.8) is 0 Å². The highest BCUT2D eigenvalue weighted by Gasteiger charge is 2.41. The molecule has 2 amide bonds. The molecule has 0 saturated carbocycles. The Kier molecular flexibility index (Phi) is 11.7. The first kappa shape index (κ1) is 33.7. The molecule has 0 aliphatic rings. The van der Waals surface area contributed by atoms with Crippen molar-refractivity contribution in [1.29, 1.82) is 0 Å². The quantitative estimate of drug-likeness (QED) is 0.262. The smallest absolute Gasteiger partial charge is 0.410 e. The number of halogens is 1. The molecule has 0 aliphatic heterocycles. The maximum Gasteiger partial charge on any atom is 0.410 e. The van der Waals surface area contributed by atoms with Gasteiger partial charge in [-0.2, -0.15) is 0 Å². The molecule has 0 aromatic heterocycles. The summed E-state index contributed by atoms with van der Waals surface area (Å²) >= 11 is 6.38. The van der Waals surface area contributed by atoms with Crippen molar-refractivity contribution >= 4 is 37.6 Å². The van der Waals surface area contributed by atoms with Crippen molar-refractivity contribution in [2.45, 2.75) is 97.8 Å². The normalized spacial score (nSPS) is 13.8. The Bertz CT molecular complexity index is 1130. The fourth-order valence-electron chi connectivity index (χ4n) is 3.73. The Balaban J connectivity index is 2.31. The molecule has 0 saturated heterocycles. The van der Waals surface area contributed by atoms with E-state index in [0.717, 1.165) is 16.8 Å². The Morgan fingerprint density at radius 2 is 1.65 bits per heavy atom. The number of amides is 2. The van der Waals surface area contributed by atoms with Crippen molar-refractivity contribution < 1.29 is 18.8 Å². The van der Waals surface area contributed by atoms with Crippen LogP contribution in [-0.4, -0.2) is 50.0 Å². The number of anilines is 1. The molecule has 9 heteroatoms. The number of carbonyl (C=O) groups is 2. The average molecular weight is 590 g/mol. The second-order valence-electron chi connectivity index (χ2n) is 12.9. The van der Waals surface area contributed by atoms with Crippen LogP contribution in [0.5, 0.6) is 0 Å². The van der Waals surface area contributed by atoms with Crippen LogP contribution in [0.15, 0.2) is 48.5 Å². The van der Waals surface area contributed by atoms with E-state index in [1.165, 1.54) is 6.92 Å². The van der Waals surface area contributed by atoms with Gasteiger partial charge in [0, 0.05) is 36.8 Å². The molecule has 222 valence electrons. The van der Waals surface area contributed by atoms with Gasteiger partial charge in [0.25, 0.3) is 0 Å². The van der Waals surface area contributed by atoms with Crippen LogP contribution >= 0.6 is 11.6 Å². The van der Waals surface area contributed by atoms with E-state index in [-0.39, 0.29) is 23.1 Å². The van der Waals surface area contributed by atoms with Crippen LogP contribution in [-0.2, 0) is 20.5 Å². The summed E-state index contributed by atoms with van der Waals surface area (Å²) < 4.78 is 12.7. The first-order valence-corrected chi connectivity index (χ1v) is 17.2. The Hall–Kier alpha value is -2.55. The predicted octanol–water partition coefficient (Wildman–Crippen LogP) is 7.78. The third kappa shape index (κ3) is 10.8. The zero-order valence-electron chi connectivity index (χ0n) is 25.9. The van der Waals surface area contributed by atoms with Crippen molar-refractivity contribution in [1.82, 2.24) is 10.2 Å². The maximum absolute atomic E-state index is 13.6. The highest BCUT2D eigenvalue weighted by atomic mass is 35.5. The number of rotatable bonds is 11. The number of carbonyl (C=O) groups excluding carboxylic acids is 2. The SMILES string of the molecule is CC(=O)NCc1ccc(NC[C@@H](C)N(C[C@H](O[Si](C)(C)C(C)(C)C)c2cccc(Cl)c2)C(=O)OC(C)(C)C)cc1. The van der Waals surface area contributed by atoms with Crippen LogP contribution in [0.4, 0.5) is 10.5 Å². The van der Waals surface area contributed by atoms with E-state index in [0.29, 0.717) is 24.7 Å². The molecule has 2 aromatic rings. The third-order valence-electron chi connectivity index (χ3n) is 7.08. The molecule has 0 unspecified atom stereocenters. The molecular weight excluding hydrogens is 542 g/mol. The van der Waals surface area contributed by atoms with Gasteiger partial charge in [-0.05, 0) is 81.2 Å². The zero-order chi connectivity index (χ0) is 30.3. The summed E-state index contributed by atoms with van der Waals surface area (Å²) in [5, 5.41) is 6.85. The third-order valence-corrected chi connectivity index (χ3v) is 11.8. The van der Waals surface area contributed by atoms with E-state index < -0.39 is 20.0 Å². The van der Waals surface area contributed by atoms with Crippen molar-refractivity contribution in [3.05, 3.63) is 64.7 Å². The largest absolute Gasteiger partial charge is 0.444 e. The molecule has 40 heavy (non-hydrogen) atoms. The monoisotopic (exact) mass is 589 g/mol. The molecule has 2 N–H and O–H groups in total. The zero-order valence-corrected chi connectivity index (χ0v) is 27.6. The highest BCUT2D eigenvalue weighted by Crippen LogP contribution is 2.40. The lowest BCUT2D eigenvalue weighted by Gasteiger charge is -2.41. The number of benzene rings is 2. The van der Waals surface area contributed by atoms with Gasteiger partial charge < -0.3 is 24.7 Å². The second-order valence-corrected chi connectivity index (χ2v) is 18.1. The van der Waals surface area contributed by atoms with Crippen LogP contribution in [0, 0.1) is 0 Å². The Labute approximate surface area is 247 Å². The average Bonchev–Trinajstić information content (AvgIpc) is 2.82. The van der Waals surface area contributed by atoms with Gasteiger partial charge >= 0.3 is 6.09 Å². The number of ether oxygens (including phenoxy) is 1. The molecular formula is C31H48ClN3O4Si. The van der Waals surface area contributed by atoms with E-state index in [1.54, 1.807) is 4.90 Å². The minimum Gasteiger partial charge on any atom is -0.444 e. The van der Waals surface area contributed by atoms with Crippen molar-refractivity contribution in [3.8, 4) is 0 Å². The summed E-state index contributed by atoms with van der Waals surface area (Å²) in [6, 6.07) is 15.3. The van der Waals surface area contributed by atoms with Gasteiger partial charge in [-0.3, -0.25) is 4.79 Å². The highest BCUT2D eigenvalue weighted by molar-refractivity contribution is 6.74. The minimum atomic E-state index is -2.21. The summed E-state index contributed by atoms with van der Waals surface area (Å²) in [5.74, 6) is -0.0631. The lowest BCUT2D eigenvalue weighted by Crippen LogP contribution is -2.49. The molecule has 7 nitrogen and oxygen atoms in total. The van der Waals surface area contributed by atoms with Gasteiger partial charge in [0.2, 0.25) is 5.91 Å². The van der Waals surface area contributed by atoms with Gasteiger partial charge in [0.15, 0.2) is 8.32 Å². The standard InChI is InChI=1S/C31H48ClN3O4Si/c1-22(19-34-27-16-14-24(15-17-27)20-33-23(2)36)35(29(37)38-30(3,4)5)21-28(25-12-11-13-26(32)18-25)39-40(9,10)31(6,7)8/h11-18,22,28,34H,19-21H2,1-10H3,(H,33,36)/t22-,28+/m1/s1. The van der Waals surface area contributed by atoms with Crippen LogP contribution in [0.2, 0.25) is 23.2 Å². The van der Waals surface area contributed by atoms with Gasteiger partial charge in [-0.1, -0.05) is 56.6 Å². The van der Waals surface area contributed by atoms with Gasteiger partial charge in [0.05, 0.1) is 12.6 Å². The molecule has 0 heterocycles. The molecule has 0 fully saturated rings. The number of hydrogen-bond donors (Lipinski definition) is 2. The molecule has 0 radical (unpaired) electrons. The predicted molar refractivity (Wildman–Crippen MR) is 167 cm³/mol. The van der Waals surface area contributed by atoms with Crippen LogP contribution in [0.25, 0.3) is 0 Å². The fraction of sp³-hybridized carbons (Fsp3) is 0.548. The van der Waals surface area contributed by atoms with E-state index in [1.807, 2.05) is 76.2 Å². The summed E-state index contributed by atoms with van der Waals surface area (Å²) in [7, 11) is -2.21. The Morgan fingerprint density at radius 1 is 1.02 bits per heavy atom. The fourth-order valence-corrected chi connectivity index (χ4v) is 5.20. The first-order chi connectivity index (χ1) is 18.4. The van der Waals surface area contributed by atoms with E-state index in [2.05, 4.69) is 44.5 Å². The van der Waals surface area contributed by atoms with Crippen LogP contribution in [0.1, 0.15) is 72.6 Å². The van der Waals surface area contributed by atoms with Gasteiger partial charge in [-0.15, -0.1) is 0 Å². The number of nitrogens with one attached hydrogen (secondary N) is 2. The molecule has 2 atom stereocenters. The number of nitrogens with zero attached hydrogens (tertiary/aromatic N) is 1. The topological polar surface area (TPSA) is 79.9 Å². The number of hydrogen-bond acceptors (Lipinski definition) is 5. The summed E-state index contributed by atoms with van der Waals surface area (Å²) in [6.45, 7) is 21.5. The van der Waals surface area contributed by atoms with Gasteiger partial charge in [0.1, 0.15) is 5.60 Å². The summed E-state index contributed by atoms with van der Waals surface area (Å²) in [4.78, 5) is 26.5. The molecule has 2 aromatic carbocycles.